The molecule has 1 N–H and O–H groups in total. The minimum absolute atomic E-state index is 0.0811. The van der Waals surface area contributed by atoms with Crippen LogP contribution in [-0.2, 0) is 0 Å². The van der Waals surface area contributed by atoms with Gasteiger partial charge in [0.15, 0.2) is 0 Å². The lowest BCUT2D eigenvalue weighted by Gasteiger charge is -2.19. The lowest BCUT2D eigenvalue weighted by molar-refractivity contribution is -0.136. The number of hydrogen-bond donors (Lipinski definition) is 1. The molecule has 0 radical (unpaired) electrons. The average Bonchev–Trinajstić information content (AvgIpc) is 2.27. The maximum atomic E-state index is 13.0. The summed E-state index contributed by atoms with van der Waals surface area (Å²) in [6, 6.07) is 3.50. The van der Waals surface area contributed by atoms with Gasteiger partial charge < -0.3 is 5.32 Å². The van der Waals surface area contributed by atoms with E-state index in [0.717, 1.165) is 6.07 Å². The van der Waals surface area contributed by atoms with Gasteiger partial charge in [0.05, 0.1) is 5.02 Å². The molecular weight excluding hydrogens is 270 g/mol. The van der Waals surface area contributed by atoms with E-state index < -0.39 is 24.5 Å². The molecule has 0 aliphatic carbocycles. The molecule has 0 amide bonds. The van der Waals surface area contributed by atoms with Crippen LogP contribution in [0.15, 0.2) is 18.2 Å². The Morgan fingerprint density at radius 2 is 2.00 bits per heavy atom. The number of alkyl halides is 3. The molecule has 1 aromatic rings. The van der Waals surface area contributed by atoms with Crippen molar-refractivity contribution in [3.8, 4) is 0 Å². The van der Waals surface area contributed by atoms with Gasteiger partial charge in [-0.25, -0.2) is 4.39 Å². The highest BCUT2D eigenvalue weighted by atomic mass is 35.5. The van der Waals surface area contributed by atoms with Crippen LogP contribution in [0.3, 0.4) is 0 Å². The molecule has 0 aliphatic rings. The summed E-state index contributed by atoms with van der Waals surface area (Å²) in [7, 11) is 0. The summed E-state index contributed by atoms with van der Waals surface area (Å²) < 4.78 is 49.6. The van der Waals surface area contributed by atoms with E-state index in [0.29, 0.717) is 12.1 Å². The Labute approximate surface area is 108 Å². The predicted molar refractivity (Wildman–Crippen MR) is 63.1 cm³/mol. The molecule has 0 fully saturated rings. The Bertz CT molecular complexity index is 392. The zero-order valence-corrected chi connectivity index (χ0v) is 10.6. The molecule has 102 valence electrons. The summed E-state index contributed by atoms with van der Waals surface area (Å²) >= 11 is 5.62. The molecule has 0 aromatic heterocycles. The van der Waals surface area contributed by atoms with Crippen molar-refractivity contribution in [1.29, 1.82) is 0 Å². The van der Waals surface area contributed by atoms with E-state index in [-0.39, 0.29) is 11.4 Å². The van der Waals surface area contributed by atoms with E-state index >= 15 is 0 Å². The first-order valence-corrected chi connectivity index (χ1v) is 5.96. The Morgan fingerprint density at radius 3 is 2.50 bits per heavy atom. The van der Waals surface area contributed by atoms with Crippen molar-refractivity contribution in [3.63, 3.8) is 0 Å². The summed E-state index contributed by atoms with van der Waals surface area (Å²) in [4.78, 5) is 0. The first kappa shape index (κ1) is 15.2. The van der Waals surface area contributed by atoms with Crippen LogP contribution in [0.2, 0.25) is 5.02 Å². The van der Waals surface area contributed by atoms with Crippen LogP contribution in [0.25, 0.3) is 0 Å². The number of nitrogens with one attached hydrogen (secondary N) is 1. The summed E-state index contributed by atoms with van der Waals surface area (Å²) in [6.45, 7) is 2.32. The monoisotopic (exact) mass is 283 g/mol. The van der Waals surface area contributed by atoms with E-state index in [1.165, 1.54) is 12.1 Å². The van der Waals surface area contributed by atoms with Crippen LogP contribution in [0.4, 0.5) is 17.6 Å². The molecule has 1 atom stereocenters. The van der Waals surface area contributed by atoms with Crippen LogP contribution in [0, 0.1) is 5.82 Å². The van der Waals surface area contributed by atoms with Crippen LogP contribution < -0.4 is 5.32 Å². The molecule has 1 unspecified atom stereocenters. The third kappa shape index (κ3) is 4.82. The maximum absolute atomic E-state index is 13.0. The van der Waals surface area contributed by atoms with Crippen molar-refractivity contribution in [2.24, 2.45) is 0 Å². The lowest BCUT2D eigenvalue weighted by Crippen LogP contribution is -2.23. The van der Waals surface area contributed by atoms with Gasteiger partial charge in [-0.3, -0.25) is 0 Å². The van der Waals surface area contributed by atoms with Crippen LogP contribution >= 0.6 is 11.6 Å². The van der Waals surface area contributed by atoms with E-state index in [1.807, 2.05) is 0 Å². The number of benzene rings is 1. The quantitative estimate of drug-likeness (QED) is 0.786. The molecule has 1 nitrogen and oxygen atoms in total. The second kappa shape index (κ2) is 6.38. The third-order valence-electron chi connectivity index (χ3n) is 2.51. The Balaban J connectivity index is 2.80. The van der Waals surface area contributed by atoms with E-state index in [2.05, 4.69) is 5.32 Å². The Morgan fingerprint density at radius 1 is 1.33 bits per heavy atom. The summed E-state index contributed by atoms with van der Waals surface area (Å²) in [5, 5.41) is 2.86. The predicted octanol–water partition coefficient (Wildman–Crippen LogP) is 4.47. The first-order valence-electron chi connectivity index (χ1n) is 5.58. The average molecular weight is 284 g/mol. The fourth-order valence-corrected chi connectivity index (χ4v) is 1.86. The molecule has 0 aliphatic heterocycles. The molecule has 1 rings (SSSR count). The SMILES string of the molecule is CCNC(CCC(F)(F)F)c1ccc(F)c(Cl)c1. The van der Waals surface area contributed by atoms with Crippen molar-refractivity contribution in [1.82, 2.24) is 5.32 Å². The minimum Gasteiger partial charge on any atom is -0.310 e. The molecular formula is C12H14ClF4N. The molecule has 18 heavy (non-hydrogen) atoms. The van der Waals surface area contributed by atoms with Crippen molar-refractivity contribution in [3.05, 3.63) is 34.6 Å². The molecule has 0 spiro atoms. The van der Waals surface area contributed by atoms with Gasteiger partial charge in [0, 0.05) is 12.5 Å². The molecule has 0 saturated carbocycles. The van der Waals surface area contributed by atoms with Gasteiger partial charge in [0.25, 0.3) is 0 Å². The highest BCUT2D eigenvalue weighted by molar-refractivity contribution is 6.30. The summed E-state index contributed by atoms with van der Waals surface area (Å²) in [6.07, 6.45) is -5.18. The Kier molecular flexibility index (Phi) is 5.41. The first-order chi connectivity index (χ1) is 8.33. The van der Waals surface area contributed by atoms with Gasteiger partial charge in [-0.2, -0.15) is 13.2 Å². The molecule has 6 heteroatoms. The molecule has 1 aromatic carbocycles. The van der Waals surface area contributed by atoms with Gasteiger partial charge in [-0.1, -0.05) is 24.6 Å². The largest absolute Gasteiger partial charge is 0.389 e. The van der Waals surface area contributed by atoms with Gasteiger partial charge >= 0.3 is 6.18 Å². The van der Waals surface area contributed by atoms with Crippen LogP contribution in [0.1, 0.15) is 31.4 Å². The highest BCUT2D eigenvalue weighted by Crippen LogP contribution is 2.29. The zero-order valence-electron chi connectivity index (χ0n) is 9.82. The zero-order chi connectivity index (χ0) is 13.8. The van der Waals surface area contributed by atoms with Crippen molar-refractivity contribution in [2.45, 2.75) is 32.0 Å². The van der Waals surface area contributed by atoms with Gasteiger partial charge in [0.1, 0.15) is 5.82 Å². The number of rotatable bonds is 5. The van der Waals surface area contributed by atoms with Crippen LogP contribution in [-0.4, -0.2) is 12.7 Å². The number of hydrogen-bond acceptors (Lipinski definition) is 1. The molecule has 0 bridgehead atoms. The fraction of sp³-hybridized carbons (Fsp3) is 0.500. The van der Waals surface area contributed by atoms with Crippen molar-refractivity contribution < 1.29 is 17.6 Å². The Hall–Kier alpha value is -0.810. The standard InChI is InChI=1S/C12H14ClF4N/c1-2-18-11(5-6-12(15,16)17)8-3-4-10(14)9(13)7-8/h3-4,7,11,18H,2,5-6H2,1H3. The normalized spacial score (nSPS) is 13.7. The van der Waals surface area contributed by atoms with E-state index in [4.69, 9.17) is 11.6 Å². The van der Waals surface area contributed by atoms with Crippen molar-refractivity contribution >= 4 is 11.6 Å². The fourth-order valence-electron chi connectivity index (χ4n) is 1.67. The minimum atomic E-state index is -4.20. The summed E-state index contributed by atoms with van der Waals surface area (Å²) in [5.41, 5.74) is 0.563. The van der Waals surface area contributed by atoms with Crippen molar-refractivity contribution in [2.75, 3.05) is 6.54 Å². The van der Waals surface area contributed by atoms with E-state index in [1.54, 1.807) is 6.92 Å². The van der Waals surface area contributed by atoms with E-state index in [9.17, 15) is 17.6 Å². The summed E-state index contributed by atoms with van der Waals surface area (Å²) in [5.74, 6) is -0.577. The van der Waals surface area contributed by atoms with Gasteiger partial charge in [-0.05, 0) is 30.7 Å². The maximum Gasteiger partial charge on any atom is 0.389 e. The smallest absolute Gasteiger partial charge is 0.310 e. The molecule has 0 saturated heterocycles. The third-order valence-corrected chi connectivity index (χ3v) is 2.80. The topological polar surface area (TPSA) is 12.0 Å². The second-order valence-electron chi connectivity index (χ2n) is 3.94. The molecule has 0 heterocycles. The highest BCUT2D eigenvalue weighted by Gasteiger charge is 2.28. The second-order valence-corrected chi connectivity index (χ2v) is 4.34. The lowest BCUT2D eigenvalue weighted by atomic mass is 10.0. The van der Waals surface area contributed by atoms with Gasteiger partial charge in [-0.15, -0.1) is 0 Å². The van der Waals surface area contributed by atoms with Crippen LogP contribution in [0.5, 0.6) is 0 Å². The number of halogens is 5. The van der Waals surface area contributed by atoms with Gasteiger partial charge in [0.2, 0.25) is 0 Å².